The first-order valence-corrected chi connectivity index (χ1v) is 13.6. The molecule has 4 heteroatoms. The van der Waals surface area contributed by atoms with Crippen LogP contribution in [0.5, 0.6) is 0 Å². The Balaban J connectivity index is 1.25. The molecular weight excluding hydrogens is 470 g/mol. The van der Waals surface area contributed by atoms with E-state index < -0.39 is 0 Å². The number of nitrogens with zero attached hydrogens (tertiary/aromatic N) is 1. The summed E-state index contributed by atoms with van der Waals surface area (Å²) in [5, 5.41) is 0. The van der Waals surface area contributed by atoms with E-state index in [0.717, 1.165) is 31.2 Å². The molecular formula is C34H35NO3. The summed E-state index contributed by atoms with van der Waals surface area (Å²) in [6.07, 6.45) is 6.40. The van der Waals surface area contributed by atoms with Gasteiger partial charge in [-0.25, -0.2) is 0 Å². The quantitative estimate of drug-likeness (QED) is 0.213. The molecule has 1 aliphatic carbocycles. The lowest BCUT2D eigenvalue weighted by atomic mass is 9.86. The zero-order chi connectivity index (χ0) is 26.3. The number of methoxy groups -OCH3 is 1. The summed E-state index contributed by atoms with van der Waals surface area (Å²) in [4.78, 5) is 24.2. The first-order chi connectivity index (χ1) is 18.6. The van der Waals surface area contributed by atoms with Crippen LogP contribution in [0.1, 0.15) is 65.3 Å². The summed E-state index contributed by atoms with van der Waals surface area (Å²) in [6.45, 7) is 0.679. The SMILES string of the molecule is COC(=O)CCC1CC1c1cccc(CCCn2cc(C(c3ccccc3)c3ccccc3)ccc2=O)c1. The summed E-state index contributed by atoms with van der Waals surface area (Å²) in [7, 11) is 1.45. The van der Waals surface area contributed by atoms with Gasteiger partial charge in [0.2, 0.25) is 0 Å². The number of esters is 1. The molecule has 0 N–H and O–H groups in total. The van der Waals surface area contributed by atoms with Crippen molar-refractivity contribution in [1.29, 1.82) is 0 Å². The van der Waals surface area contributed by atoms with Gasteiger partial charge in [0.05, 0.1) is 7.11 Å². The molecule has 0 spiro atoms. The molecule has 4 aromatic rings. The molecule has 38 heavy (non-hydrogen) atoms. The Labute approximate surface area is 224 Å². The van der Waals surface area contributed by atoms with Crippen molar-refractivity contribution < 1.29 is 9.53 Å². The van der Waals surface area contributed by atoms with Crippen molar-refractivity contribution in [3.8, 4) is 0 Å². The average molecular weight is 506 g/mol. The highest BCUT2D eigenvalue weighted by Gasteiger charge is 2.38. The largest absolute Gasteiger partial charge is 0.469 e. The van der Waals surface area contributed by atoms with Crippen molar-refractivity contribution in [2.24, 2.45) is 5.92 Å². The molecule has 4 nitrogen and oxygen atoms in total. The molecule has 3 aromatic carbocycles. The molecule has 1 aromatic heterocycles. The fourth-order valence-electron chi connectivity index (χ4n) is 5.58. The van der Waals surface area contributed by atoms with Crippen molar-refractivity contribution in [2.45, 2.75) is 50.5 Å². The molecule has 1 saturated carbocycles. The molecule has 2 atom stereocenters. The maximum atomic E-state index is 12.8. The maximum Gasteiger partial charge on any atom is 0.305 e. The normalized spacial score (nSPS) is 16.4. The van der Waals surface area contributed by atoms with Crippen molar-refractivity contribution in [2.75, 3.05) is 7.11 Å². The van der Waals surface area contributed by atoms with E-state index in [0.29, 0.717) is 24.8 Å². The lowest BCUT2D eigenvalue weighted by Gasteiger charge is -2.20. The second-order valence-corrected chi connectivity index (χ2v) is 10.3. The average Bonchev–Trinajstić information content (AvgIpc) is 3.75. The number of rotatable bonds is 11. The smallest absolute Gasteiger partial charge is 0.305 e. The minimum Gasteiger partial charge on any atom is -0.469 e. The zero-order valence-corrected chi connectivity index (χ0v) is 22.0. The molecule has 5 rings (SSSR count). The highest BCUT2D eigenvalue weighted by Crippen LogP contribution is 2.50. The van der Waals surface area contributed by atoms with Gasteiger partial charge < -0.3 is 9.30 Å². The van der Waals surface area contributed by atoms with Gasteiger partial charge in [0.1, 0.15) is 0 Å². The van der Waals surface area contributed by atoms with Crippen LogP contribution in [-0.2, 0) is 22.5 Å². The monoisotopic (exact) mass is 505 g/mol. The third-order valence-electron chi connectivity index (χ3n) is 7.72. The second-order valence-electron chi connectivity index (χ2n) is 10.3. The van der Waals surface area contributed by atoms with Gasteiger partial charge >= 0.3 is 5.97 Å². The van der Waals surface area contributed by atoms with Crippen LogP contribution in [0.25, 0.3) is 0 Å². The molecule has 1 fully saturated rings. The Hall–Kier alpha value is -3.92. The molecule has 0 aliphatic heterocycles. The predicted octanol–water partition coefficient (Wildman–Crippen LogP) is 6.72. The topological polar surface area (TPSA) is 48.3 Å². The van der Waals surface area contributed by atoms with Crippen LogP contribution in [0, 0.1) is 5.92 Å². The Morgan fingerprint density at radius 3 is 2.29 bits per heavy atom. The minimum absolute atomic E-state index is 0.0359. The number of pyridine rings is 1. The Morgan fingerprint density at radius 1 is 0.895 bits per heavy atom. The first-order valence-electron chi connectivity index (χ1n) is 13.6. The van der Waals surface area contributed by atoms with Crippen LogP contribution in [0.3, 0.4) is 0 Å². The van der Waals surface area contributed by atoms with Crippen LogP contribution in [-0.4, -0.2) is 17.6 Å². The second kappa shape index (κ2) is 12.1. The Kier molecular flexibility index (Phi) is 8.18. The molecule has 2 unspecified atom stereocenters. The van der Waals surface area contributed by atoms with Gasteiger partial charge in [-0.2, -0.15) is 0 Å². The van der Waals surface area contributed by atoms with E-state index in [1.807, 2.05) is 29.0 Å². The summed E-state index contributed by atoms with van der Waals surface area (Å²) in [6, 6.07) is 33.5. The summed E-state index contributed by atoms with van der Waals surface area (Å²) in [5.41, 5.74) is 6.25. The number of ether oxygens (including phenoxy) is 1. The van der Waals surface area contributed by atoms with E-state index in [2.05, 4.69) is 72.8 Å². The first kappa shape index (κ1) is 25.7. The van der Waals surface area contributed by atoms with Gasteiger partial charge in [0.25, 0.3) is 5.56 Å². The van der Waals surface area contributed by atoms with Gasteiger partial charge in [-0.15, -0.1) is 0 Å². The van der Waals surface area contributed by atoms with Crippen LogP contribution >= 0.6 is 0 Å². The molecule has 0 saturated heterocycles. The lowest BCUT2D eigenvalue weighted by Crippen LogP contribution is -2.20. The summed E-state index contributed by atoms with van der Waals surface area (Å²) in [5.74, 6) is 1.08. The fourth-order valence-corrected chi connectivity index (χ4v) is 5.58. The summed E-state index contributed by atoms with van der Waals surface area (Å²) < 4.78 is 6.64. The van der Waals surface area contributed by atoms with Gasteiger partial charge in [-0.1, -0.05) is 91.0 Å². The molecule has 0 radical (unpaired) electrons. The number of carbonyl (C=O) groups excluding carboxylic acids is 1. The van der Waals surface area contributed by atoms with Gasteiger partial charge in [-0.05, 0) is 65.3 Å². The molecule has 194 valence electrons. The molecule has 1 heterocycles. The van der Waals surface area contributed by atoms with E-state index in [1.165, 1.54) is 29.4 Å². The lowest BCUT2D eigenvalue weighted by molar-refractivity contribution is -0.140. The summed E-state index contributed by atoms with van der Waals surface area (Å²) >= 11 is 0. The Bertz CT molecular complexity index is 1370. The van der Waals surface area contributed by atoms with Crippen LogP contribution < -0.4 is 5.56 Å². The van der Waals surface area contributed by atoms with E-state index >= 15 is 0 Å². The van der Waals surface area contributed by atoms with Crippen molar-refractivity contribution in [3.63, 3.8) is 0 Å². The van der Waals surface area contributed by atoms with Crippen molar-refractivity contribution in [3.05, 3.63) is 141 Å². The maximum absolute atomic E-state index is 12.8. The zero-order valence-electron chi connectivity index (χ0n) is 22.0. The van der Waals surface area contributed by atoms with Gasteiger partial charge in [0, 0.05) is 31.1 Å². The number of aromatic nitrogens is 1. The van der Waals surface area contributed by atoms with Gasteiger partial charge in [-0.3, -0.25) is 9.59 Å². The number of carbonyl (C=O) groups is 1. The molecule has 1 aliphatic rings. The third kappa shape index (κ3) is 6.31. The number of aryl methyl sites for hydroxylation is 2. The van der Waals surface area contributed by atoms with Crippen LogP contribution in [0.15, 0.2) is 108 Å². The third-order valence-corrected chi connectivity index (χ3v) is 7.72. The van der Waals surface area contributed by atoms with E-state index in [1.54, 1.807) is 6.07 Å². The van der Waals surface area contributed by atoms with Crippen LogP contribution in [0.4, 0.5) is 0 Å². The van der Waals surface area contributed by atoms with Crippen molar-refractivity contribution in [1.82, 2.24) is 4.57 Å². The van der Waals surface area contributed by atoms with Gasteiger partial charge in [0.15, 0.2) is 0 Å². The predicted molar refractivity (Wildman–Crippen MR) is 151 cm³/mol. The van der Waals surface area contributed by atoms with Crippen molar-refractivity contribution >= 4 is 5.97 Å². The van der Waals surface area contributed by atoms with E-state index in [-0.39, 0.29) is 17.4 Å². The highest BCUT2D eigenvalue weighted by molar-refractivity contribution is 5.69. The van der Waals surface area contributed by atoms with E-state index in [4.69, 9.17) is 4.74 Å². The highest BCUT2D eigenvalue weighted by atomic mass is 16.5. The minimum atomic E-state index is -0.123. The van der Waals surface area contributed by atoms with E-state index in [9.17, 15) is 9.59 Å². The number of hydrogen-bond donors (Lipinski definition) is 0. The van der Waals surface area contributed by atoms with Crippen LogP contribution in [0.2, 0.25) is 0 Å². The molecule has 0 amide bonds. The Morgan fingerprint density at radius 2 is 1.61 bits per heavy atom. The fraction of sp³-hybridized carbons (Fsp3) is 0.294. The standard InChI is InChI=1S/C34H35NO3/c1-38-33(37)20-18-29-23-31(29)28-16-8-10-25(22-28)11-9-21-35-24-30(17-19-32(35)36)34(26-12-4-2-5-13-26)27-14-6-3-7-15-27/h2-8,10,12-17,19,22,24,29,31,34H,9,11,18,20-21,23H2,1H3. The molecule has 0 bridgehead atoms. The number of benzene rings is 3. The number of hydrogen-bond acceptors (Lipinski definition) is 3.